The minimum Gasteiger partial charge on any atom is -0.396 e. The molecule has 0 spiro atoms. The number of rotatable bonds is 6. The lowest BCUT2D eigenvalue weighted by Crippen LogP contribution is -2.37. The van der Waals surface area contributed by atoms with Crippen molar-refractivity contribution >= 4 is 17.5 Å². The van der Waals surface area contributed by atoms with Gasteiger partial charge in [0.15, 0.2) is 0 Å². The van der Waals surface area contributed by atoms with Crippen LogP contribution in [0.3, 0.4) is 0 Å². The van der Waals surface area contributed by atoms with Crippen LogP contribution in [0.4, 0.5) is 0 Å². The van der Waals surface area contributed by atoms with Gasteiger partial charge in [-0.2, -0.15) is 0 Å². The summed E-state index contributed by atoms with van der Waals surface area (Å²) in [5.41, 5.74) is 1.16. The molecule has 1 unspecified atom stereocenters. The van der Waals surface area contributed by atoms with Crippen molar-refractivity contribution < 1.29 is 9.90 Å². The Morgan fingerprint density at radius 3 is 2.80 bits per heavy atom. The third-order valence-corrected chi connectivity index (χ3v) is 3.90. The summed E-state index contributed by atoms with van der Waals surface area (Å²) < 4.78 is 0. The highest BCUT2D eigenvalue weighted by atomic mass is 35.5. The van der Waals surface area contributed by atoms with Gasteiger partial charge in [-0.3, -0.25) is 9.69 Å². The van der Waals surface area contributed by atoms with Crippen LogP contribution >= 0.6 is 11.6 Å². The number of aliphatic hydroxyl groups is 1. The normalized spacial score (nSPS) is 19.2. The van der Waals surface area contributed by atoms with Gasteiger partial charge in [-0.05, 0) is 43.0 Å². The van der Waals surface area contributed by atoms with Crippen LogP contribution in [0.2, 0.25) is 5.02 Å². The van der Waals surface area contributed by atoms with E-state index in [9.17, 15) is 4.79 Å². The predicted molar refractivity (Wildman–Crippen MR) is 79.8 cm³/mol. The lowest BCUT2D eigenvalue weighted by atomic mass is 10.1. The molecule has 2 rings (SSSR count). The molecule has 0 radical (unpaired) electrons. The van der Waals surface area contributed by atoms with Gasteiger partial charge in [0, 0.05) is 24.7 Å². The molecule has 1 saturated heterocycles. The van der Waals surface area contributed by atoms with E-state index in [0.717, 1.165) is 36.5 Å². The molecule has 2 N–H and O–H groups in total. The molecular formula is C15H21ClN2O2. The molecule has 1 aromatic rings. The molecule has 4 nitrogen and oxygen atoms in total. The summed E-state index contributed by atoms with van der Waals surface area (Å²) in [6.07, 6.45) is 1.79. The summed E-state index contributed by atoms with van der Waals surface area (Å²) in [5.74, 6) is 0.384. The van der Waals surface area contributed by atoms with Crippen LogP contribution in [-0.2, 0) is 11.2 Å². The Morgan fingerprint density at radius 2 is 2.15 bits per heavy atom. The Labute approximate surface area is 124 Å². The second-order valence-electron chi connectivity index (χ2n) is 5.30. The number of halogens is 1. The highest BCUT2D eigenvalue weighted by Crippen LogP contribution is 2.14. The molecule has 1 aliphatic heterocycles. The first-order chi connectivity index (χ1) is 9.67. The number of carbonyl (C=O) groups excluding carboxylic acids is 1. The van der Waals surface area contributed by atoms with Crippen molar-refractivity contribution in [1.29, 1.82) is 0 Å². The van der Waals surface area contributed by atoms with E-state index < -0.39 is 0 Å². The van der Waals surface area contributed by atoms with Crippen molar-refractivity contribution in [2.24, 2.45) is 5.92 Å². The topological polar surface area (TPSA) is 52.6 Å². The van der Waals surface area contributed by atoms with Crippen LogP contribution in [0, 0.1) is 5.92 Å². The van der Waals surface area contributed by atoms with Gasteiger partial charge in [0.1, 0.15) is 0 Å². The van der Waals surface area contributed by atoms with Gasteiger partial charge in [-0.25, -0.2) is 0 Å². The van der Waals surface area contributed by atoms with Crippen molar-refractivity contribution in [1.82, 2.24) is 10.2 Å². The van der Waals surface area contributed by atoms with Gasteiger partial charge in [-0.1, -0.05) is 23.7 Å². The minimum atomic E-state index is 0.0533. The van der Waals surface area contributed by atoms with Crippen LogP contribution < -0.4 is 5.32 Å². The number of nitrogens with zero attached hydrogens (tertiary/aromatic N) is 1. The van der Waals surface area contributed by atoms with Crippen LogP contribution in [0.15, 0.2) is 24.3 Å². The van der Waals surface area contributed by atoms with E-state index >= 15 is 0 Å². The lowest BCUT2D eigenvalue weighted by Gasteiger charge is -2.15. The van der Waals surface area contributed by atoms with Crippen molar-refractivity contribution in [3.8, 4) is 0 Å². The van der Waals surface area contributed by atoms with E-state index in [4.69, 9.17) is 16.7 Å². The quantitative estimate of drug-likeness (QED) is 0.832. The third kappa shape index (κ3) is 4.78. The SMILES string of the molecule is O=C(CN1CCC(CO)C1)NCCc1ccc(Cl)cc1. The first-order valence-corrected chi connectivity index (χ1v) is 7.39. The van der Waals surface area contributed by atoms with E-state index in [1.807, 2.05) is 24.3 Å². The highest BCUT2D eigenvalue weighted by molar-refractivity contribution is 6.30. The zero-order valence-electron chi connectivity index (χ0n) is 11.5. The van der Waals surface area contributed by atoms with Crippen molar-refractivity contribution in [2.45, 2.75) is 12.8 Å². The maximum absolute atomic E-state index is 11.8. The molecule has 1 aromatic carbocycles. The molecular weight excluding hydrogens is 276 g/mol. The van der Waals surface area contributed by atoms with Crippen molar-refractivity contribution in [2.75, 3.05) is 32.8 Å². The van der Waals surface area contributed by atoms with Gasteiger partial charge in [0.25, 0.3) is 0 Å². The number of hydrogen-bond acceptors (Lipinski definition) is 3. The average molecular weight is 297 g/mol. The summed E-state index contributed by atoms with van der Waals surface area (Å²) in [5, 5.41) is 12.7. The molecule has 1 amide bonds. The molecule has 5 heteroatoms. The fourth-order valence-electron chi connectivity index (χ4n) is 2.46. The van der Waals surface area contributed by atoms with Gasteiger partial charge < -0.3 is 10.4 Å². The maximum Gasteiger partial charge on any atom is 0.234 e. The number of benzene rings is 1. The maximum atomic E-state index is 11.8. The van der Waals surface area contributed by atoms with Crippen LogP contribution in [0.5, 0.6) is 0 Å². The summed E-state index contributed by atoms with van der Waals surface area (Å²) in [7, 11) is 0. The van der Waals surface area contributed by atoms with E-state index in [-0.39, 0.29) is 12.5 Å². The number of nitrogens with one attached hydrogen (secondary N) is 1. The molecule has 0 bridgehead atoms. The highest BCUT2D eigenvalue weighted by Gasteiger charge is 2.22. The largest absolute Gasteiger partial charge is 0.396 e. The fourth-order valence-corrected chi connectivity index (χ4v) is 2.59. The summed E-state index contributed by atoms with van der Waals surface area (Å²) >= 11 is 5.82. The van der Waals surface area contributed by atoms with Gasteiger partial charge in [0.2, 0.25) is 5.91 Å². The number of carbonyl (C=O) groups is 1. The Hall–Kier alpha value is -1.10. The summed E-state index contributed by atoms with van der Waals surface area (Å²) in [6.45, 7) is 3.00. The van der Waals surface area contributed by atoms with E-state index in [1.54, 1.807) is 0 Å². The van der Waals surface area contributed by atoms with E-state index in [2.05, 4.69) is 10.2 Å². The van der Waals surface area contributed by atoms with Gasteiger partial charge >= 0.3 is 0 Å². The van der Waals surface area contributed by atoms with Gasteiger partial charge in [0.05, 0.1) is 6.54 Å². The number of aliphatic hydroxyl groups excluding tert-OH is 1. The first-order valence-electron chi connectivity index (χ1n) is 7.01. The molecule has 0 saturated carbocycles. The van der Waals surface area contributed by atoms with Crippen molar-refractivity contribution in [3.63, 3.8) is 0 Å². The van der Waals surface area contributed by atoms with Crippen molar-refractivity contribution in [3.05, 3.63) is 34.9 Å². The number of hydrogen-bond donors (Lipinski definition) is 2. The Kier molecular flexibility index (Phi) is 5.83. The van der Waals surface area contributed by atoms with Gasteiger partial charge in [-0.15, -0.1) is 0 Å². The molecule has 1 heterocycles. The smallest absolute Gasteiger partial charge is 0.234 e. The predicted octanol–water partition coefficient (Wildman–Crippen LogP) is 1.31. The monoisotopic (exact) mass is 296 g/mol. The molecule has 110 valence electrons. The second kappa shape index (κ2) is 7.62. The summed E-state index contributed by atoms with van der Waals surface area (Å²) in [6, 6.07) is 7.66. The van der Waals surface area contributed by atoms with E-state index in [1.165, 1.54) is 0 Å². The molecule has 0 aromatic heterocycles. The molecule has 1 fully saturated rings. The third-order valence-electron chi connectivity index (χ3n) is 3.64. The Morgan fingerprint density at radius 1 is 1.40 bits per heavy atom. The Bertz CT molecular complexity index is 436. The van der Waals surface area contributed by atoms with E-state index in [0.29, 0.717) is 19.0 Å². The van der Waals surface area contributed by atoms with Crippen LogP contribution in [-0.4, -0.2) is 48.7 Å². The summed E-state index contributed by atoms with van der Waals surface area (Å²) in [4.78, 5) is 13.9. The standard InChI is InChI=1S/C15H21ClN2O2/c16-14-3-1-12(2-4-14)5-7-17-15(20)10-18-8-6-13(9-18)11-19/h1-4,13,19H,5-11H2,(H,17,20). The zero-order chi connectivity index (χ0) is 14.4. The fraction of sp³-hybridized carbons (Fsp3) is 0.533. The Balaban J connectivity index is 1.64. The molecule has 0 aliphatic carbocycles. The first kappa shape index (κ1) is 15.3. The average Bonchev–Trinajstić information content (AvgIpc) is 2.88. The zero-order valence-corrected chi connectivity index (χ0v) is 12.3. The molecule has 1 atom stereocenters. The molecule has 20 heavy (non-hydrogen) atoms. The molecule has 1 aliphatic rings. The number of amides is 1. The minimum absolute atomic E-state index is 0.0533. The lowest BCUT2D eigenvalue weighted by molar-refractivity contribution is -0.122. The van der Waals surface area contributed by atoms with Crippen LogP contribution in [0.1, 0.15) is 12.0 Å². The van der Waals surface area contributed by atoms with Crippen LogP contribution in [0.25, 0.3) is 0 Å². The second-order valence-corrected chi connectivity index (χ2v) is 5.74. The number of likely N-dealkylation sites (tertiary alicyclic amines) is 1.